The molecule has 0 spiro atoms. The summed E-state index contributed by atoms with van der Waals surface area (Å²) in [6.45, 7) is 0. The summed E-state index contributed by atoms with van der Waals surface area (Å²) >= 11 is 12.0. The van der Waals surface area contributed by atoms with Crippen molar-refractivity contribution in [1.29, 1.82) is 0 Å². The van der Waals surface area contributed by atoms with Crippen molar-refractivity contribution in [2.24, 2.45) is 4.99 Å². The second kappa shape index (κ2) is 6.43. The maximum absolute atomic E-state index is 11.9. The third-order valence-corrected chi connectivity index (χ3v) is 3.75. The van der Waals surface area contributed by atoms with Crippen LogP contribution >= 0.6 is 23.2 Å². The van der Waals surface area contributed by atoms with Gasteiger partial charge in [0.1, 0.15) is 0 Å². The van der Waals surface area contributed by atoms with Crippen LogP contribution in [0.3, 0.4) is 0 Å². The van der Waals surface area contributed by atoms with E-state index in [1.807, 2.05) is 0 Å². The quantitative estimate of drug-likeness (QED) is 0.353. The van der Waals surface area contributed by atoms with E-state index in [1.54, 1.807) is 18.2 Å². The second-order valence-corrected chi connectivity index (χ2v) is 5.65. The summed E-state index contributed by atoms with van der Waals surface area (Å²) in [5.74, 6) is -0.583. The number of carbonyl (C=O) groups excluding carboxylic acids is 1. The van der Waals surface area contributed by atoms with Crippen LogP contribution in [0.25, 0.3) is 6.08 Å². The molecule has 0 bridgehead atoms. The Morgan fingerprint density at radius 1 is 1.12 bits per heavy atom. The fourth-order valence-corrected chi connectivity index (χ4v) is 2.41. The number of esters is 1. The average molecular weight is 363 g/mol. The minimum absolute atomic E-state index is 0.0407. The fraction of sp³-hybridized carbons (Fsp3) is 0. The highest BCUT2D eigenvalue weighted by atomic mass is 35.5. The van der Waals surface area contributed by atoms with Gasteiger partial charge in [0.2, 0.25) is 5.90 Å². The van der Waals surface area contributed by atoms with Gasteiger partial charge in [-0.15, -0.1) is 0 Å². The molecule has 6 nitrogen and oxygen atoms in total. The number of halogens is 2. The van der Waals surface area contributed by atoms with Gasteiger partial charge >= 0.3 is 5.97 Å². The lowest BCUT2D eigenvalue weighted by Gasteiger charge is -2.02. The summed E-state index contributed by atoms with van der Waals surface area (Å²) in [5.41, 5.74) is 1.01. The molecule has 0 radical (unpaired) electrons. The third kappa shape index (κ3) is 3.29. The molecule has 0 saturated heterocycles. The number of cyclic esters (lactones) is 1. The molecule has 1 aliphatic heterocycles. The van der Waals surface area contributed by atoms with E-state index in [0.29, 0.717) is 21.2 Å². The molecule has 2 aromatic rings. The number of ether oxygens (including phenoxy) is 1. The zero-order valence-electron chi connectivity index (χ0n) is 11.9. The van der Waals surface area contributed by atoms with Crippen LogP contribution in [0.5, 0.6) is 0 Å². The van der Waals surface area contributed by atoms with Crippen LogP contribution in [0, 0.1) is 10.1 Å². The molecule has 24 heavy (non-hydrogen) atoms. The predicted octanol–water partition coefficient (Wildman–Crippen LogP) is 4.25. The van der Waals surface area contributed by atoms with Crippen LogP contribution in [-0.4, -0.2) is 16.8 Å². The number of aliphatic imine (C=N–C) groups is 1. The molecule has 0 amide bonds. The van der Waals surface area contributed by atoms with Gasteiger partial charge in [0.25, 0.3) is 5.69 Å². The molecule has 1 aliphatic rings. The van der Waals surface area contributed by atoms with E-state index < -0.39 is 10.9 Å². The molecule has 0 aliphatic carbocycles. The van der Waals surface area contributed by atoms with E-state index in [9.17, 15) is 14.9 Å². The highest BCUT2D eigenvalue weighted by molar-refractivity contribution is 6.36. The summed E-state index contributed by atoms with van der Waals surface area (Å²) in [4.78, 5) is 26.2. The van der Waals surface area contributed by atoms with E-state index in [2.05, 4.69) is 4.99 Å². The van der Waals surface area contributed by atoms with Crippen molar-refractivity contribution < 1.29 is 14.5 Å². The Balaban J connectivity index is 1.94. The molecule has 0 aromatic heterocycles. The minimum atomic E-state index is -0.639. The molecule has 0 unspecified atom stereocenters. The molecule has 0 saturated carbocycles. The molecule has 8 heteroatoms. The van der Waals surface area contributed by atoms with E-state index in [-0.39, 0.29) is 17.3 Å². The topological polar surface area (TPSA) is 81.8 Å². The number of hydrogen-bond donors (Lipinski definition) is 0. The lowest BCUT2D eigenvalue weighted by molar-refractivity contribution is -0.384. The molecular formula is C16H8Cl2N2O4. The van der Waals surface area contributed by atoms with Crippen LogP contribution in [0.2, 0.25) is 10.0 Å². The number of benzene rings is 2. The van der Waals surface area contributed by atoms with Crippen molar-refractivity contribution in [2.75, 3.05) is 0 Å². The van der Waals surface area contributed by atoms with Crippen molar-refractivity contribution in [3.8, 4) is 0 Å². The average Bonchev–Trinajstić information content (AvgIpc) is 2.91. The number of rotatable bonds is 3. The van der Waals surface area contributed by atoms with Crippen LogP contribution in [-0.2, 0) is 9.53 Å². The van der Waals surface area contributed by atoms with Gasteiger partial charge < -0.3 is 4.74 Å². The summed E-state index contributed by atoms with van der Waals surface area (Å²) in [6, 6.07) is 10.4. The van der Waals surface area contributed by atoms with Crippen molar-refractivity contribution >= 4 is 46.8 Å². The van der Waals surface area contributed by atoms with Crippen LogP contribution < -0.4 is 0 Å². The Morgan fingerprint density at radius 3 is 2.50 bits per heavy atom. The van der Waals surface area contributed by atoms with Crippen molar-refractivity contribution in [3.63, 3.8) is 0 Å². The van der Waals surface area contributed by atoms with Gasteiger partial charge in [0, 0.05) is 17.2 Å². The van der Waals surface area contributed by atoms with Crippen LogP contribution in [0.1, 0.15) is 11.1 Å². The fourth-order valence-electron chi connectivity index (χ4n) is 2.04. The van der Waals surface area contributed by atoms with Crippen LogP contribution in [0.4, 0.5) is 5.69 Å². The van der Waals surface area contributed by atoms with Crippen molar-refractivity contribution in [1.82, 2.24) is 0 Å². The highest BCUT2D eigenvalue weighted by Gasteiger charge is 2.25. The zero-order valence-corrected chi connectivity index (χ0v) is 13.4. The van der Waals surface area contributed by atoms with Gasteiger partial charge in [0.15, 0.2) is 5.70 Å². The molecule has 3 rings (SSSR count). The molecular weight excluding hydrogens is 355 g/mol. The Labute approximate surface area is 146 Å². The largest absolute Gasteiger partial charge is 0.402 e. The number of nitro benzene ring substituents is 1. The van der Waals surface area contributed by atoms with Gasteiger partial charge in [0.05, 0.1) is 15.5 Å². The molecule has 2 aromatic carbocycles. The number of nitro groups is 1. The Bertz CT molecular complexity index is 905. The maximum atomic E-state index is 11.9. The normalized spacial score (nSPS) is 15.3. The standard InChI is InChI=1S/C16H8Cl2N2O4/c17-10-3-6-13(18)12(8-10)15-19-14(16(21)24-15)7-9-1-4-11(5-2-9)20(22)23/h1-8H. The summed E-state index contributed by atoms with van der Waals surface area (Å²) in [7, 11) is 0. The summed E-state index contributed by atoms with van der Waals surface area (Å²) < 4.78 is 5.12. The SMILES string of the molecule is O=C1OC(c2cc(Cl)ccc2Cl)=NC1=Cc1ccc([N+](=O)[O-])cc1. The molecule has 1 heterocycles. The monoisotopic (exact) mass is 362 g/mol. The van der Waals surface area contributed by atoms with E-state index >= 15 is 0 Å². The lowest BCUT2D eigenvalue weighted by atomic mass is 10.2. The number of hydrogen-bond acceptors (Lipinski definition) is 5. The van der Waals surface area contributed by atoms with Gasteiger partial charge in [-0.3, -0.25) is 10.1 Å². The van der Waals surface area contributed by atoms with Crippen molar-refractivity contribution in [3.05, 3.63) is 79.4 Å². The van der Waals surface area contributed by atoms with Gasteiger partial charge in [-0.25, -0.2) is 9.79 Å². The highest BCUT2D eigenvalue weighted by Crippen LogP contribution is 2.26. The molecule has 0 atom stereocenters. The third-order valence-electron chi connectivity index (χ3n) is 3.19. The number of carbonyl (C=O) groups is 1. The second-order valence-electron chi connectivity index (χ2n) is 4.81. The van der Waals surface area contributed by atoms with E-state index in [4.69, 9.17) is 27.9 Å². The lowest BCUT2D eigenvalue weighted by Crippen LogP contribution is -2.06. The number of nitrogens with zero attached hydrogens (tertiary/aromatic N) is 2. The first-order valence-electron chi connectivity index (χ1n) is 6.66. The maximum Gasteiger partial charge on any atom is 0.363 e. The molecule has 0 N–H and O–H groups in total. The van der Waals surface area contributed by atoms with E-state index in [1.165, 1.54) is 30.3 Å². The van der Waals surface area contributed by atoms with Gasteiger partial charge in [-0.1, -0.05) is 23.2 Å². The van der Waals surface area contributed by atoms with E-state index in [0.717, 1.165) is 0 Å². The van der Waals surface area contributed by atoms with Gasteiger partial charge in [-0.05, 0) is 42.0 Å². The predicted molar refractivity (Wildman–Crippen MR) is 90.2 cm³/mol. The molecule has 120 valence electrons. The Hall–Kier alpha value is -2.70. The first kappa shape index (κ1) is 16.2. The summed E-state index contributed by atoms with van der Waals surface area (Å²) in [5, 5.41) is 11.4. The first-order valence-corrected chi connectivity index (χ1v) is 7.42. The molecule has 0 fully saturated rings. The zero-order chi connectivity index (χ0) is 17.3. The smallest absolute Gasteiger partial charge is 0.363 e. The minimum Gasteiger partial charge on any atom is -0.402 e. The Kier molecular flexibility index (Phi) is 4.33. The first-order chi connectivity index (χ1) is 11.4. The summed E-state index contributed by atoms with van der Waals surface area (Å²) in [6.07, 6.45) is 1.47. The van der Waals surface area contributed by atoms with Crippen molar-refractivity contribution in [2.45, 2.75) is 0 Å². The van der Waals surface area contributed by atoms with Crippen LogP contribution in [0.15, 0.2) is 53.2 Å². The number of non-ortho nitro benzene ring substituents is 1. The Morgan fingerprint density at radius 2 is 1.83 bits per heavy atom. The van der Waals surface area contributed by atoms with Gasteiger partial charge in [-0.2, -0.15) is 0 Å².